The lowest BCUT2D eigenvalue weighted by Gasteiger charge is -2.25. The number of carbonyl (C=O) groups is 1. The molecule has 0 saturated heterocycles. The molecule has 154 valence electrons. The van der Waals surface area contributed by atoms with Gasteiger partial charge >= 0.3 is 6.18 Å². The first kappa shape index (κ1) is 20.8. The molecule has 1 aliphatic rings. The molecule has 0 bridgehead atoms. The van der Waals surface area contributed by atoms with Crippen LogP contribution in [0.5, 0.6) is 0 Å². The molecule has 1 aromatic carbocycles. The summed E-state index contributed by atoms with van der Waals surface area (Å²) in [5, 5.41) is 0. The van der Waals surface area contributed by atoms with E-state index < -0.39 is 18.0 Å². The Morgan fingerprint density at radius 1 is 1.21 bits per heavy atom. The number of imidazole rings is 1. The molecule has 1 saturated carbocycles. The summed E-state index contributed by atoms with van der Waals surface area (Å²) in [6, 6.07) is 2.85. The normalized spacial score (nSPS) is 16.6. The average Bonchev–Trinajstić information content (AvgIpc) is 3.20. The van der Waals surface area contributed by atoms with E-state index in [1.54, 1.807) is 0 Å². The van der Waals surface area contributed by atoms with Crippen LogP contribution >= 0.6 is 0 Å². The minimum Gasteiger partial charge on any atom is -0.322 e. The number of benzene rings is 1. The van der Waals surface area contributed by atoms with Crippen molar-refractivity contribution in [3.8, 4) is 0 Å². The Morgan fingerprint density at radius 3 is 2.39 bits per heavy atom. The Bertz CT molecular complexity index is 902. The van der Waals surface area contributed by atoms with E-state index in [0.717, 1.165) is 16.9 Å². The molecule has 28 heavy (non-hydrogen) atoms. The van der Waals surface area contributed by atoms with Crippen LogP contribution in [0.4, 0.5) is 17.6 Å². The number of alkyl halides is 3. The first-order valence-electron chi connectivity index (χ1n) is 9.60. The van der Waals surface area contributed by atoms with Crippen LogP contribution in [0.2, 0.25) is 0 Å². The van der Waals surface area contributed by atoms with Crippen molar-refractivity contribution in [2.45, 2.75) is 77.9 Å². The molecular formula is C21H26F4N2O. The molecule has 2 aromatic rings. The van der Waals surface area contributed by atoms with E-state index in [2.05, 4.69) is 4.98 Å². The highest BCUT2D eigenvalue weighted by Gasteiger charge is 2.63. The monoisotopic (exact) mass is 398 g/mol. The number of aryl methyl sites for hydroxylation is 2. The molecule has 0 aliphatic heterocycles. The van der Waals surface area contributed by atoms with Gasteiger partial charge in [0.1, 0.15) is 17.4 Å². The van der Waals surface area contributed by atoms with Crippen LogP contribution in [0.3, 0.4) is 0 Å². The smallest absolute Gasteiger partial charge is 0.322 e. The summed E-state index contributed by atoms with van der Waals surface area (Å²) >= 11 is 0. The zero-order valence-corrected chi connectivity index (χ0v) is 16.7. The van der Waals surface area contributed by atoms with Crippen LogP contribution in [0, 0.1) is 18.2 Å². The first-order chi connectivity index (χ1) is 12.8. The molecule has 3 rings (SSSR count). The largest absolute Gasteiger partial charge is 0.394 e. The molecular weight excluding hydrogens is 372 g/mol. The fourth-order valence-corrected chi connectivity index (χ4v) is 3.92. The van der Waals surface area contributed by atoms with Gasteiger partial charge in [-0.1, -0.05) is 0 Å². The number of rotatable bonds is 6. The van der Waals surface area contributed by atoms with E-state index in [9.17, 15) is 22.4 Å². The highest BCUT2D eigenvalue weighted by atomic mass is 19.4. The quantitative estimate of drug-likeness (QED) is 0.571. The maximum atomic E-state index is 13.8. The Balaban J connectivity index is 1.74. The van der Waals surface area contributed by atoms with Gasteiger partial charge in [-0.05, 0) is 58.6 Å². The summed E-state index contributed by atoms with van der Waals surface area (Å²) in [6.07, 6.45) is -3.65. The molecule has 1 heterocycles. The number of hydrogen-bond donors (Lipinski definition) is 0. The number of Topliss-reactive ketones (excluding diaryl/α,β-unsaturated/α-hetero) is 1. The number of nitrogens with zero attached hydrogens (tertiary/aromatic N) is 2. The molecule has 0 unspecified atom stereocenters. The van der Waals surface area contributed by atoms with E-state index in [0.29, 0.717) is 18.4 Å². The average molecular weight is 398 g/mol. The highest BCUT2D eigenvalue weighted by Crippen LogP contribution is 2.60. The van der Waals surface area contributed by atoms with Gasteiger partial charge < -0.3 is 4.57 Å². The number of aromatic nitrogens is 2. The maximum absolute atomic E-state index is 13.8. The first-order valence-corrected chi connectivity index (χ1v) is 9.60. The molecule has 1 aliphatic carbocycles. The van der Waals surface area contributed by atoms with E-state index >= 15 is 0 Å². The number of halogens is 4. The van der Waals surface area contributed by atoms with E-state index in [4.69, 9.17) is 0 Å². The van der Waals surface area contributed by atoms with Crippen molar-refractivity contribution in [2.75, 3.05) is 0 Å². The maximum Gasteiger partial charge on any atom is 0.394 e. The van der Waals surface area contributed by atoms with Crippen molar-refractivity contribution in [1.82, 2.24) is 9.55 Å². The van der Waals surface area contributed by atoms with Gasteiger partial charge in [-0.3, -0.25) is 4.79 Å². The van der Waals surface area contributed by atoms with Crippen molar-refractivity contribution < 1.29 is 22.4 Å². The summed E-state index contributed by atoms with van der Waals surface area (Å²) in [6.45, 7) is 7.89. The van der Waals surface area contributed by atoms with E-state index in [1.807, 2.05) is 32.3 Å². The van der Waals surface area contributed by atoms with Crippen LogP contribution in [-0.4, -0.2) is 21.5 Å². The highest BCUT2D eigenvalue weighted by molar-refractivity contribution is 5.81. The van der Waals surface area contributed by atoms with Gasteiger partial charge in [0.05, 0.1) is 16.4 Å². The molecule has 0 spiro atoms. The number of carbonyl (C=O) groups excluding carboxylic acids is 1. The second kappa shape index (κ2) is 6.85. The Labute approximate surface area is 162 Å². The number of fused-ring (bicyclic) bond motifs is 1. The van der Waals surface area contributed by atoms with Crippen LogP contribution < -0.4 is 0 Å². The van der Waals surface area contributed by atoms with Crippen molar-refractivity contribution in [3.05, 3.63) is 29.3 Å². The van der Waals surface area contributed by atoms with Gasteiger partial charge in [-0.2, -0.15) is 13.2 Å². The van der Waals surface area contributed by atoms with Gasteiger partial charge in [-0.15, -0.1) is 0 Å². The van der Waals surface area contributed by atoms with Crippen LogP contribution in [0.15, 0.2) is 12.1 Å². The summed E-state index contributed by atoms with van der Waals surface area (Å²) in [7, 11) is 0. The zero-order valence-electron chi connectivity index (χ0n) is 16.7. The lowest BCUT2D eigenvalue weighted by molar-refractivity contribution is -0.190. The van der Waals surface area contributed by atoms with Crippen LogP contribution in [-0.2, 0) is 16.8 Å². The van der Waals surface area contributed by atoms with Crippen molar-refractivity contribution >= 4 is 16.8 Å². The van der Waals surface area contributed by atoms with Gasteiger partial charge in [-0.25, -0.2) is 9.37 Å². The Hall–Kier alpha value is -1.92. The Morgan fingerprint density at radius 2 is 1.86 bits per heavy atom. The summed E-state index contributed by atoms with van der Waals surface area (Å²) in [4.78, 5) is 16.7. The summed E-state index contributed by atoms with van der Waals surface area (Å²) < 4.78 is 54.9. The molecule has 1 aromatic heterocycles. The predicted octanol–water partition coefficient (Wildman–Crippen LogP) is 5.86. The number of hydrogen-bond acceptors (Lipinski definition) is 2. The second-order valence-corrected chi connectivity index (χ2v) is 8.97. The molecule has 1 fully saturated rings. The van der Waals surface area contributed by atoms with Crippen LogP contribution in [0.1, 0.15) is 64.3 Å². The SMILES string of the molecule is Cc1cc(F)cc2nc(CCCC(=O)CC3(C(F)(F)F)CC3)n(C(C)(C)C)c12. The summed E-state index contributed by atoms with van der Waals surface area (Å²) in [5.74, 6) is 0.0172. The van der Waals surface area contributed by atoms with Gasteiger partial charge in [0.25, 0.3) is 0 Å². The van der Waals surface area contributed by atoms with Gasteiger partial charge in [0, 0.05) is 30.9 Å². The minimum absolute atomic E-state index is 0.0485. The zero-order chi connectivity index (χ0) is 20.9. The Kier molecular flexibility index (Phi) is 5.09. The molecule has 7 heteroatoms. The predicted molar refractivity (Wildman–Crippen MR) is 99.7 cm³/mol. The van der Waals surface area contributed by atoms with Crippen molar-refractivity contribution in [3.63, 3.8) is 0 Å². The van der Waals surface area contributed by atoms with Gasteiger partial charge in [0.15, 0.2) is 0 Å². The molecule has 0 radical (unpaired) electrons. The van der Waals surface area contributed by atoms with Crippen molar-refractivity contribution in [2.24, 2.45) is 5.41 Å². The van der Waals surface area contributed by atoms with Gasteiger partial charge in [0.2, 0.25) is 0 Å². The van der Waals surface area contributed by atoms with E-state index in [1.165, 1.54) is 12.1 Å². The third-order valence-corrected chi connectivity index (χ3v) is 5.49. The van der Waals surface area contributed by atoms with E-state index in [-0.39, 0.29) is 36.4 Å². The van der Waals surface area contributed by atoms with Crippen molar-refractivity contribution in [1.29, 1.82) is 0 Å². The molecule has 3 nitrogen and oxygen atoms in total. The lowest BCUT2D eigenvalue weighted by atomic mass is 9.96. The third kappa shape index (κ3) is 3.94. The number of ketones is 1. The third-order valence-electron chi connectivity index (χ3n) is 5.49. The summed E-state index contributed by atoms with van der Waals surface area (Å²) in [5.41, 5.74) is 0.107. The topological polar surface area (TPSA) is 34.9 Å². The standard InChI is InChI=1S/C21H26F4N2O/c1-13-10-14(22)11-16-18(13)27(19(2,3)4)17(26-16)7-5-6-15(28)12-20(8-9-20)21(23,24)25/h10-11H,5-9,12H2,1-4H3. The fourth-order valence-electron chi connectivity index (χ4n) is 3.92. The molecule has 0 N–H and O–H groups in total. The lowest BCUT2D eigenvalue weighted by Crippen LogP contribution is -2.27. The fraction of sp³-hybridized carbons (Fsp3) is 0.619. The molecule has 0 atom stereocenters. The van der Waals surface area contributed by atoms with Crippen LogP contribution in [0.25, 0.3) is 11.0 Å². The molecule has 0 amide bonds. The minimum atomic E-state index is -4.30. The second-order valence-electron chi connectivity index (χ2n) is 8.97.